The van der Waals surface area contributed by atoms with E-state index in [2.05, 4.69) is 0 Å². The molecular formula is C4H8NO2Y-. The molecule has 8 heavy (non-hydrogen) atoms. The smallest absolute Gasteiger partial charge is 0.289 e. The Morgan fingerprint density at radius 1 is 1.88 bits per heavy atom. The van der Waals surface area contributed by atoms with Crippen LogP contribution in [0.25, 0.3) is 0 Å². The van der Waals surface area contributed by atoms with Crippen LogP contribution in [-0.4, -0.2) is 17.1 Å². The van der Waals surface area contributed by atoms with E-state index >= 15 is 0 Å². The average Bonchev–Trinajstić information content (AvgIpc) is 1.65. The molecule has 0 aliphatic rings. The van der Waals surface area contributed by atoms with Crippen molar-refractivity contribution < 1.29 is 42.6 Å². The minimum absolute atomic E-state index is 0. The van der Waals surface area contributed by atoms with Crippen LogP contribution in [0.1, 0.15) is 6.92 Å². The summed E-state index contributed by atoms with van der Waals surface area (Å²) in [6, 6.07) is -0.806. The monoisotopic (exact) mass is 191 g/mol. The largest absolute Gasteiger partial charge is 0.482 e. The van der Waals surface area contributed by atoms with Crippen molar-refractivity contribution in [2.45, 2.75) is 13.0 Å². The summed E-state index contributed by atoms with van der Waals surface area (Å²) < 4.78 is 0. The zero-order valence-electron chi connectivity index (χ0n) is 4.66. The number of carboxylic acids is 1. The number of hydrogen-bond acceptors (Lipinski definition) is 2. The Bertz CT molecular complexity index is 76.4. The van der Waals surface area contributed by atoms with Crippen LogP contribution in [0.4, 0.5) is 0 Å². The van der Waals surface area contributed by atoms with Gasteiger partial charge in [-0.15, -0.1) is 0 Å². The second kappa shape index (κ2) is 5.67. The molecule has 3 nitrogen and oxygen atoms in total. The van der Waals surface area contributed by atoms with E-state index in [4.69, 9.17) is 10.8 Å². The number of hydrogen-bond donors (Lipinski definition) is 2. The molecule has 0 heterocycles. The van der Waals surface area contributed by atoms with Crippen LogP contribution >= 0.6 is 0 Å². The number of nitrogens with two attached hydrogens (primary N) is 1. The Balaban J connectivity index is 0. The van der Waals surface area contributed by atoms with Gasteiger partial charge >= 0.3 is 0 Å². The Morgan fingerprint density at radius 2 is 2.25 bits per heavy atom. The number of carboxylic acid groups (broad SMARTS) is 1. The molecule has 0 aromatic heterocycles. The molecule has 0 aromatic rings. The van der Waals surface area contributed by atoms with Crippen LogP contribution in [-0.2, 0) is 37.5 Å². The predicted octanol–water partition coefficient (Wildman–Crippen LogP) is -0.380. The van der Waals surface area contributed by atoms with Gasteiger partial charge in [-0.2, -0.15) is 6.92 Å². The standard InChI is InChI=1S/C4H8NO2.Y/c1-2-3(5)4(6)7;/h2-3H,5H2,1H3,(H,6,7);/q-1;. The van der Waals surface area contributed by atoms with Gasteiger partial charge in [0.05, 0.1) is 0 Å². The molecule has 0 saturated carbocycles. The van der Waals surface area contributed by atoms with E-state index in [1.165, 1.54) is 6.42 Å². The molecule has 0 aliphatic carbocycles. The fourth-order valence-corrected chi connectivity index (χ4v) is 0.143. The molecule has 0 spiro atoms. The van der Waals surface area contributed by atoms with Crippen molar-refractivity contribution in [1.29, 1.82) is 0 Å². The van der Waals surface area contributed by atoms with Crippen LogP contribution in [0.15, 0.2) is 0 Å². The summed E-state index contributed by atoms with van der Waals surface area (Å²) in [6.45, 7) is 1.61. The summed E-state index contributed by atoms with van der Waals surface area (Å²) in [7, 11) is 0. The van der Waals surface area contributed by atoms with E-state index in [1.54, 1.807) is 6.92 Å². The van der Waals surface area contributed by atoms with Gasteiger partial charge in [-0.1, -0.05) is 0 Å². The Labute approximate surface area is 73.5 Å². The van der Waals surface area contributed by atoms with Crippen LogP contribution in [0, 0.1) is 6.42 Å². The molecule has 3 N–H and O–H groups in total. The molecule has 1 atom stereocenters. The predicted molar refractivity (Wildman–Crippen MR) is 25.6 cm³/mol. The Morgan fingerprint density at radius 3 is 2.25 bits per heavy atom. The van der Waals surface area contributed by atoms with Gasteiger partial charge in [0.2, 0.25) is 0 Å². The molecule has 1 unspecified atom stereocenters. The van der Waals surface area contributed by atoms with Crippen molar-refractivity contribution in [3.05, 3.63) is 6.42 Å². The van der Waals surface area contributed by atoms with Gasteiger partial charge in [0.25, 0.3) is 5.97 Å². The summed E-state index contributed by atoms with van der Waals surface area (Å²) >= 11 is 0. The van der Waals surface area contributed by atoms with Gasteiger partial charge in [-0.3, -0.25) is 4.79 Å². The van der Waals surface area contributed by atoms with Crippen LogP contribution in [0.2, 0.25) is 0 Å². The molecular weight excluding hydrogens is 183 g/mol. The summed E-state index contributed by atoms with van der Waals surface area (Å²) in [5.41, 5.74) is 4.96. The molecule has 0 rings (SSSR count). The summed E-state index contributed by atoms with van der Waals surface area (Å²) in [6.07, 6.45) is 1.42. The van der Waals surface area contributed by atoms with Gasteiger partial charge < -0.3 is 17.3 Å². The van der Waals surface area contributed by atoms with Crippen molar-refractivity contribution in [2.24, 2.45) is 5.73 Å². The first-order valence-electron chi connectivity index (χ1n) is 1.96. The van der Waals surface area contributed by atoms with Crippen molar-refractivity contribution in [3.8, 4) is 0 Å². The van der Waals surface area contributed by atoms with Crippen molar-refractivity contribution in [2.75, 3.05) is 0 Å². The summed E-state index contributed by atoms with van der Waals surface area (Å²) in [4.78, 5) is 9.77. The van der Waals surface area contributed by atoms with E-state index in [-0.39, 0.29) is 32.7 Å². The van der Waals surface area contributed by atoms with Crippen molar-refractivity contribution >= 4 is 5.97 Å². The van der Waals surface area contributed by atoms with Crippen LogP contribution in [0.3, 0.4) is 0 Å². The first-order chi connectivity index (χ1) is 3.18. The van der Waals surface area contributed by atoms with Crippen molar-refractivity contribution in [3.63, 3.8) is 0 Å². The molecule has 0 amide bonds. The maximum absolute atomic E-state index is 9.77. The molecule has 1 radical (unpaired) electrons. The normalized spacial score (nSPS) is 11.8. The van der Waals surface area contributed by atoms with Gasteiger partial charge in [-0.05, 0) is 6.04 Å². The molecule has 4 heteroatoms. The van der Waals surface area contributed by atoms with Crippen LogP contribution < -0.4 is 5.73 Å². The van der Waals surface area contributed by atoms with E-state index < -0.39 is 12.0 Å². The summed E-state index contributed by atoms with van der Waals surface area (Å²) in [5.74, 6) is -0.984. The molecule has 0 saturated heterocycles. The molecule has 0 aromatic carbocycles. The topological polar surface area (TPSA) is 63.3 Å². The van der Waals surface area contributed by atoms with E-state index in [0.29, 0.717) is 0 Å². The quantitative estimate of drug-likeness (QED) is 0.584. The van der Waals surface area contributed by atoms with Gasteiger partial charge in [0, 0.05) is 32.7 Å². The third kappa shape index (κ3) is 4.69. The maximum Gasteiger partial charge on any atom is 0.289 e. The first-order valence-corrected chi connectivity index (χ1v) is 1.96. The average molecular weight is 191 g/mol. The zero-order chi connectivity index (χ0) is 5.86. The Hall–Kier alpha value is 0.534. The van der Waals surface area contributed by atoms with E-state index in [1.807, 2.05) is 0 Å². The molecule has 0 fully saturated rings. The van der Waals surface area contributed by atoms with Gasteiger partial charge in [-0.25, -0.2) is 0 Å². The zero-order valence-corrected chi connectivity index (χ0v) is 7.50. The Kier molecular flexibility index (Phi) is 8.04. The van der Waals surface area contributed by atoms with E-state index in [9.17, 15) is 4.79 Å². The molecule has 0 bridgehead atoms. The van der Waals surface area contributed by atoms with Crippen molar-refractivity contribution in [1.82, 2.24) is 0 Å². The molecule has 45 valence electrons. The van der Waals surface area contributed by atoms with Gasteiger partial charge in [0.15, 0.2) is 0 Å². The number of carbonyl (C=O) groups is 1. The maximum atomic E-state index is 9.77. The fraction of sp³-hybridized carbons (Fsp3) is 0.500. The third-order valence-electron chi connectivity index (χ3n) is 0.644. The second-order valence-corrected chi connectivity index (χ2v) is 1.20. The minimum atomic E-state index is -0.984. The van der Waals surface area contributed by atoms with Crippen LogP contribution in [0.5, 0.6) is 0 Å². The first kappa shape index (κ1) is 11.3. The molecule has 0 aliphatic heterocycles. The third-order valence-corrected chi connectivity index (χ3v) is 0.644. The fourth-order valence-electron chi connectivity index (χ4n) is 0.143. The number of aliphatic carboxylic acids is 1. The van der Waals surface area contributed by atoms with Gasteiger partial charge in [0.1, 0.15) is 0 Å². The van der Waals surface area contributed by atoms with E-state index in [0.717, 1.165) is 0 Å². The summed E-state index contributed by atoms with van der Waals surface area (Å²) in [5, 5.41) is 8.03. The SMILES string of the molecule is C[CH-]C(N)C(=O)O.[Y]. The number of rotatable bonds is 2. The minimum Gasteiger partial charge on any atom is -0.482 e. The second-order valence-electron chi connectivity index (χ2n) is 1.20.